The fraction of sp³-hybridized carbons (Fsp3) is 0.267. The van der Waals surface area contributed by atoms with Crippen molar-refractivity contribution in [3.05, 3.63) is 41.5 Å². The molecule has 124 valence electrons. The lowest BCUT2D eigenvalue weighted by Crippen LogP contribution is -2.07. The zero-order chi connectivity index (χ0) is 16.9. The molecule has 0 bridgehead atoms. The number of nitrogen functional groups attached to an aromatic ring is 1. The highest BCUT2D eigenvalue weighted by molar-refractivity contribution is 7.98. The van der Waals surface area contributed by atoms with Crippen LogP contribution >= 0.6 is 11.8 Å². The van der Waals surface area contributed by atoms with Gasteiger partial charge in [0, 0.05) is 12.1 Å². The Morgan fingerprint density at radius 2 is 2.00 bits per heavy atom. The Morgan fingerprint density at radius 3 is 2.75 bits per heavy atom. The molecular weight excluding hydrogens is 324 g/mol. The van der Waals surface area contributed by atoms with Crippen molar-refractivity contribution < 1.29 is 0 Å². The van der Waals surface area contributed by atoms with E-state index in [1.165, 1.54) is 11.8 Å². The Balaban J connectivity index is 1.72. The van der Waals surface area contributed by atoms with E-state index < -0.39 is 0 Å². The lowest BCUT2D eigenvalue weighted by Gasteiger charge is -2.09. The number of para-hydroxylation sites is 1. The maximum Gasteiger partial charge on any atom is 0.232 e. The first-order chi connectivity index (χ1) is 11.6. The van der Waals surface area contributed by atoms with Gasteiger partial charge in [-0.2, -0.15) is 15.0 Å². The van der Waals surface area contributed by atoms with Crippen molar-refractivity contribution in [2.24, 2.45) is 0 Å². The van der Waals surface area contributed by atoms with Crippen molar-refractivity contribution in [1.29, 1.82) is 0 Å². The van der Waals surface area contributed by atoms with Crippen LogP contribution in [0.5, 0.6) is 0 Å². The zero-order valence-electron chi connectivity index (χ0n) is 13.4. The first kappa shape index (κ1) is 16.2. The Hall–Kier alpha value is -2.68. The highest BCUT2D eigenvalue weighted by Gasteiger charge is 2.09. The van der Waals surface area contributed by atoms with Gasteiger partial charge in [0.25, 0.3) is 0 Å². The van der Waals surface area contributed by atoms with Gasteiger partial charge in [0.05, 0.1) is 5.75 Å². The van der Waals surface area contributed by atoms with Crippen LogP contribution in [0.1, 0.15) is 24.1 Å². The van der Waals surface area contributed by atoms with Gasteiger partial charge < -0.3 is 11.1 Å². The molecule has 8 nitrogen and oxygen atoms in total. The molecule has 3 aromatic rings. The minimum Gasteiger partial charge on any atom is -0.368 e. The highest BCUT2D eigenvalue weighted by Crippen LogP contribution is 2.20. The fourth-order valence-corrected chi connectivity index (χ4v) is 2.69. The molecule has 0 radical (unpaired) electrons. The number of benzene rings is 1. The van der Waals surface area contributed by atoms with E-state index in [4.69, 9.17) is 5.73 Å². The minimum absolute atomic E-state index is 0.181. The van der Waals surface area contributed by atoms with Crippen LogP contribution in [-0.4, -0.2) is 30.1 Å². The third kappa shape index (κ3) is 3.99. The van der Waals surface area contributed by atoms with E-state index in [2.05, 4.69) is 35.5 Å². The molecule has 4 N–H and O–H groups in total. The SMILES string of the molecule is CCc1nc(SCc2nc(N)nc(Nc3ccccc3C)n2)n[nH]1. The molecule has 0 aliphatic carbocycles. The monoisotopic (exact) mass is 342 g/mol. The van der Waals surface area contributed by atoms with E-state index in [1.807, 2.05) is 38.1 Å². The van der Waals surface area contributed by atoms with Crippen LogP contribution in [0.3, 0.4) is 0 Å². The molecule has 0 fully saturated rings. The van der Waals surface area contributed by atoms with E-state index in [-0.39, 0.29) is 5.95 Å². The number of hydrogen-bond acceptors (Lipinski definition) is 8. The molecule has 0 saturated carbocycles. The standard InChI is InChI=1S/C15H18N8S/c1-3-11-20-15(23-22-11)24-8-12-18-13(16)21-14(19-12)17-10-7-5-4-6-9(10)2/h4-7H,3,8H2,1-2H3,(H,20,22,23)(H3,16,17,18,19,21). The number of rotatable bonds is 6. The van der Waals surface area contributed by atoms with Gasteiger partial charge in [0.2, 0.25) is 17.1 Å². The summed E-state index contributed by atoms with van der Waals surface area (Å²) in [5, 5.41) is 10.9. The van der Waals surface area contributed by atoms with Gasteiger partial charge in [-0.1, -0.05) is 36.9 Å². The molecule has 2 aromatic heterocycles. The molecule has 0 aliphatic heterocycles. The predicted octanol–water partition coefficient (Wildman–Crippen LogP) is 2.48. The summed E-state index contributed by atoms with van der Waals surface area (Å²) >= 11 is 1.45. The average Bonchev–Trinajstić information content (AvgIpc) is 3.03. The summed E-state index contributed by atoms with van der Waals surface area (Å²) in [6.45, 7) is 4.03. The van der Waals surface area contributed by atoms with Crippen LogP contribution in [-0.2, 0) is 12.2 Å². The number of aromatic amines is 1. The molecule has 0 atom stereocenters. The minimum atomic E-state index is 0.181. The lowest BCUT2D eigenvalue weighted by molar-refractivity contribution is 0.939. The Kier molecular flexibility index (Phi) is 4.90. The summed E-state index contributed by atoms with van der Waals surface area (Å²) in [4.78, 5) is 17.1. The molecule has 0 aliphatic rings. The maximum atomic E-state index is 5.80. The number of thioether (sulfide) groups is 1. The third-order valence-corrected chi connectivity index (χ3v) is 4.11. The molecule has 3 rings (SSSR count). The van der Waals surface area contributed by atoms with Crippen LogP contribution in [0.2, 0.25) is 0 Å². The normalized spacial score (nSPS) is 10.8. The van der Waals surface area contributed by atoms with Crippen molar-refractivity contribution in [1.82, 2.24) is 30.1 Å². The van der Waals surface area contributed by atoms with E-state index >= 15 is 0 Å². The van der Waals surface area contributed by atoms with Gasteiger partial charge in [-0.25, -0.2) is 4.98 Å². The van der Waals surface area contributed by atoms with Crippen molar-refractivity contribution in [2.75, 3.05) is 11.1 Å². The second-order valence-corrected chi connectivity index (χ2v) is 6.02. The van der Waals surface area contributed by atoms with Crippen LogP contribution in [0.4, 0.5) is 17.6 Å². The maximum absolute atomic E-state index is 5.80. The molecular formula is C15H18N8S. The van der Waals surface area contributed by atoms with Crippen molar-refractivity contribution >= 4 is 29.3 Å². The quantitative estimate of drug-likeness (QED) is 0.585. The molecule has 2 heterocycles. The van der Waals surface area contributed by atoms with E-state index in [1.54, 1.807) is 0 Å². The number of hydrogen-bond donors (Lipinski definition) is 3. The predicted molar refractivity (Wildman–Crippen MR) is 94.0 cm³/mol. The Bertz CT molecular complexity index is 832. The second-order valence-electron chi connectivity index (χ2n) is 5.08. The third-order valence-electron chi connectivity index (χ3n) is 3.27. The second kappa shape index (κ2) is 7.26. The number of nitrogens with zero attached hydrogens (tertiary/aromatic N) is 5. The fourth-order valence-electron chi connectivity index (χ4n) is 2.02. The van der Waals surface area contributed by atoms with Gasteiger partial charge >= 0.3 is 0 Å². The van der Waals surface area contributed by atoms with E-state index in [9.17, 15) is 0 Å². The molecule has 24 heavy (non-hydrogen) atoms. The topological polar surface area (TPSA) is 118 Å². The summed E-state index contributed by atoms with van der Waals surface area (Å²) in [7, 11) is 0. The van der Waals surface area contributed by atoms with Gasteiger partial charge in [-0.15, -0.1) is 5.10 Å². The van der Waals surface area contributed by atoms with Gasteiger partial charge in [-0.3, -0.25) is 5.10 Å². The summed E-state index contributed by atoms with van der Waals surface area (Å²) in [5.41, 5.74) is 7.83. The number of H-pyrrole nitrogens is 1. The number of aromatic nitrogens is 6. The smallest absolute Gasteiger partial charge is 0.232 e. The molecule has 0 unspecified atom stereocenters. The molecule has 9 heteroatoms. The summed E-state index contributed by atoms with van der Waals surface area (Å²) < 4.78 is 0. The van der Waals surface area contributed by atoms with Crippen molar-refractivity contribution in [3.8, 4) is 0 Å². The molecule has 0 saturated heterocycles. The van der Waals surface area contributed by atoms with Crippen LogP contribution in [0, 0.1) is 6.92 Å². The summed E-state index contributed by atoms with van der Waals surface area (Å²) in [5.74, 6) is 2.55. The molecule has 0 spiro atoms. The number of anilines is 3. The van der Waals surface area contributed by atoms with Crippen LogP contribution < -0.4 is 11.1 Å². The van der Waals surface area contributed by atoms with E-state index in [0.29, 0.717) is 22.7 Å². The Morgan fingerprint density at radius 1 is 1.17 bits per heavy atom. The average molecular weight is 342 g/mol. The van der Waals surface area contributed by atoms with Crippen LogP contribution in [0.25, 0.3) is 0 Å². The number of nitrogens with one attached hydrogen (secondary N) is 2. The molecule has 0 amide bonds. The number of nitrogens with two attached hydrogens (primary N) is 1. The first-order valence-electron chi connectivity index (χ1n) is 7.51. The highest BCUT2D eigenvalue weighted by atomic mass is 32.2. The van der Waals surface area contributed by atoms with Crippen LogP contribution in [0.15, 0.2) is 29.4 Å². The lowest BCUT2D eigenvalue weighted by atomic mass is 10.2. The summed E-state index contributed by atoms with van der Waals surface area (Å²) in [6.07, 6.45) is 0.816. The number of aryl methyl sites for hydroxylation is 2. The first-order valence-corrected chi connectivity index (χ1v) is 8.49. The van der Waals surface area contributed by atoms with Gasteiger partial charge in [-0.05, 0) is 18.6 Å². The largest absolute Gasteiger partial charge is 0.368 e. The van der Waals surface area contributed by atoms with E-state index in [0.717, 1.165) is 23.5 Å². The van der Waals surface area contributed by atoms with Crippen molar-refractivity contribution in [3.63, 3.8) is 0 Å². The summed E-state index contributed by atoms with van der Waals surface area (Å²) in [6, 6.07) is 7.90. The zero-order valence-corrected chi connectivity index (χ0v) is 14.3. The molecule has 1 aromatic carbocycles. The van der Waals surface area contributed by atoms with Gasteiger partial charge in [0.1, 0.15) is 11.6 Å². The Labute approximate surface area is 143 Å². The van der Waals surface area contributed by atoms with Crippen molar-refractivity contribution in [2.45, 2.75) is 31.2 Å². The van der Waals surface area contributed by atoms with Gasteiger partial charge in [0.15, 0.2) is 0 Å².